The van der Waals surface area contributed by atoms with E-state index in [1.54, 1.807) is 12.1 Å². The molecule has 2 aromatic carbocycles. The van der Waals surface area contributed by atoms with E-state index in [9.17, 15) is 13.2 Å². The first-order valence-corrected chi connectivity index (χ1v) is 15.8. The van der Waals surface area contributed by atoms with Crippen LogP contribution in [0, 0.1) is 20.8 Å². The Balaban J connectivity index is 1.51. The lowest BCUT2D eigenvalue weighted by Gasteiger charge is -2.26. The van der Waals surface area contributed by atoms with Crippen molar-refractivity contribution in [1.29, 1.82) is 0 Å². The third-order valence-electron chi connectivity index (χ3n) is 7.43. The van der Waals surface area contributed by atoms with E-state index in [1.165, 1.54) is 43.0 Å². The van der Waals surface area contributed by atoms with Gasteiger partial charge in [-0.1, -0.05) is 48.4 Å². The number of carbonyl (C=O) groups is 1. The fraction of sp³-hybridized carbons (Fsp3) is 0.303. The molecule has 3 heterocycles. The van der Waals surface area contributed by atoms with Crippen molar-refractivity contribution in [3.05, 3.63) is 94.5 Å². The fourth-order valence-electron chi connectivity index (χ4n) is 5.45. The van der Waals surface area contributed by atoms with Crippen molar-refractivity contribution in [1.82, 2.24) is 14.9 Å². The number of hydrogen-bond donors (Lipinski definition) is 1. The second-order valence-electron chi connectivity index (χ2n) is 11.0. The number of nitrogen functional groups attached to an aromatic ring is 1. The quantitative estimate of drug-likeness (QED) is 0.235. The highest BCUT2D eigenvalue weighted by molar-refractivity contribution is 7.92. The van der Waals surface area contributed by atoms with Gasteiger partial charge in [0.05, 0.1) is 11.3 Å². The average molecular weight is 585 g/mol. The van der Waals surface area contributed by atoms with Gasteiger partial charge in [-0.25, -0.2) is 18.4 Å². The molecule has 42 heavy (non-hydrogen) atoms. The maximum absolute atomic E-state index is 13.5. The molecule has 2 N–H and O–H groups in total. The van der Waals surface area contributed by atoms with Crippen LogP contribution in [0.3, 0.4) is 0 Å². The molecule has 9 heteroatoms. The highest BCUT2D eigenvalue weighted by Crippen LogP contribution is 2.33. The van der Waals surface area contributed by atoms with Crippen molar-refractivity contribution >= 4 is 21.4 Å². The molecule has 5 rings (SSSR count). The summed E-state index contributed by atoms with van der Waals surface area (Å²) in [6.07, 6.45) is 3.73. The summed E-state index contributed by atoms with van der Waals surface area (Å²) in [5.74, 6) is -0.734. The van der Waals surface area contributed by atoms with Crippen LogP contribution in [0.4, 0.5) is 5.82 Å². The lowest BCUT2D eigenvalue weighted by atomic mass is 10.0. The zero-order chi connectivity index (χ0) is 29.9. The van der Waals surface area contributed by atoms with Crippen LogP contribution in [0.2, 0.25) is 0 Å². The molecule has 1 fully saturated rings. The number of ether oxygens (including phenoxy) is 1. The third-order valence-corrected chi connectivity index (χ3v) is 8.93. The van der Waals surface area contributed by atoms with Gasteiger partial charge in [0, 0.05) is 12.1 Å². The Labute approximate surface area is 247 Å². The Morgan fingerprint density at radius 3 is 2.33 bits per heavy atom. The largest absolute Gasteiger partial charge is 0.438 e. The molecule has 218 valence electrons. The zero-order valence-electron chi connectivity index (χ0n) is 24.3. The van der Waals surface area contributed by atoms with Gasteiger partial charge in [0.25, 0.3) is 0 Å². The number of pyridine rings is 2. The lowest BCUT2D eigenvalue weighted by Crippen LogP contribution is -2.29. The number of rotatable bonds is 9. The maximum Gasteiger partial charge on any atom is 0.230 e. The molecule has 1 saturated heterocycles. The topological polar surface area (TPSA) is 115 Å². The average Bonchev–Trinajstić information content (AvgIpc) is 2.95. The predicted octanol–water partition coefficient (Wildman–Crippen LogP) is 6.09. The van der Waals surface area contributed by atoms with Gasteiger partial charge in [0.2, 0.25) is 15.7 Å². The molecule has 0 unspecified atom stereocenters. The number of nitrogens with two attached hydrogens (primary N) is 1. The summed E-state index contributed by atoms with van der Waals surface area (Å²) in [4.78, 5) is 24.7. The molecule has 1 aliphatic heterocycles. The molecule has 0 spiro atoms. The smallest absolute Gasteiger partial charge is 0.230 e. The van der Waals surface area contributed by atoms with E-state index in [0.29, 0.717) is 11.4 Å². The summed E-state index contributed by atoms with van der Waals surface area (Å²) in [7, 11) is -4.05. The predicted molar refractivity (Wildman–Crippen MR) is 165 cm³/mol. The van der Waals surface area contributed by atoms with E-state index in [2.05, 4.69) is 22.0 Å². The molecule has 0 amide bonds. The third kappa shape index (κ3) is 6.86. The number of sulfone groups is 1. The Morgan fingerprint density at radius 1 is 0.905 bits per heavy atom. The first-order chi connectivity index (χ1) is 20.1. The minimum atomic E-state index is -4.05. The Kier molecular flexibility index (Phi) is 8.70. The van der Waals surface area contributed by atoms with Crippen molar-refractivity contribution in [2.45, 2.75) is 51.6 Å². The molecule has 0 atom stereocenters. The molecule has 1 aliphatic rings. The molecule has 8 nitrogen and oxygen atoms in total. The zero-order valence-corrected chi connectivity index (χ0v) is 25.1. The van der Waals surface area contributed by atoms with Crippen LogP contribution >= 0.6 is 0 Å². The molecular weight excluding hydrogens is 548 g/mol. The van der Waals surface area contributed by atoms with Crippen LogP contribution in [0.25, 0.3) is 11.3 Å². The van der Waals surface area contributed by atoms with Gasteiger partial charge >= 0.3 is 0 Å². The monoisotopic (exact) mass is 584 g/mol. The summed E-state index contributed by atoms with van der Waals surface area (Å²) in [6.45, 7) is 8.93. The fourth-order valence-corrected chi connectivity index (χ4v) is 6.63. The number of likely N-dealkylation sites (tertiary alicyclic amines) is 1. The SMILES string of the molecule is Cc1cc(C)c(Oc2nc(-c3cccc(CN4CCCCC4)c3)ccc2C(=O)CS(=O)(=O)c2cccc(N)n2)c(C)c1. The molecule has 2 aromatic heterocycles. The van der Waals surface area contributed by atoms with E-state index in [-0.39, 0.29) is 22.3 Å². The minimum absolute atomic E-state index is 0.0599. The summed E-state index contributed by atoms with van der Waals surface area (Å²) < 4.78 is 32.5. The Hall–Kier alpha value is -4.08. The second-order valence-corrected chi connectivity index (χ2v) is 12.9. The highest BCUT2D eigenvalue weighted by Gasteiger charge is 2.26. The van der Waals surface area contributed by atoms with Gasteiger partial charge in [-0.3, -0.25) is 9.69 Å². The van der Waals surface area contributed by atoms with Gasteiger partial charge in [-0.15, -0.1) is 0 Å². The summed E-state index contributed by atoms with van der Waals surface area (Å²) in [5, 5.41) is -0.251. The van der Waals surface area contributed by atoms with E-state index in [0.717, 1.165) is 41.9 Å². The number of hydrogen-bond acceptors (Lipinski definition) is 8. The Bertz CT molecular complexity index is 1710. The van der Waals surface area contributed by atoms with Crippen molar-refractivity contribution in [2.24, 2.45) is 0 Å². The van der Waals surface area contributed by atoms with Gasteiger partial charge in [-0.05, 0) is 93.7 Å². The standard InChI is InChI=1S/C33H36N4O4S/c1-22-17-23(2)32(24(3)18-22)41-33-27(29(38)21-42(39,40)31-12-8-11-30(34)36-31)13-14-28(35-33)26-10-7-9-25(19-26)20-37-15-5-4-6-16-37/h7-14,17-19H,4-6,15-16,20-21H2,1-3H3,(H2,34,36). The molecule has 0 aliphatic carbocycles. The van der Waals surface area contributed by atoms with Crippen molar-refractivity contribution in [3.8, 4) is 22.9 Å². The van der Waals surface area contributed by atoms with Gasteiger partial charge < -0.3 is 10.5 Å². The normalized spacial score (nSPS) is 14.1. The van der Waals surface area contributed by atoms with Crippen LogP contribution in [0.15, 0.2) is 71.8 Å². The van der Waals surface area contributed by atoms with Gasteiger partial charge in [0.1, 0.15) is 17.3 Å². The highest BCUT2D eigenvalue weighted by atomic mass is 32.2. The Morgan fingerprint density at radius 2 is 1.62 bits per heavy atom. The second kappa shape index (κ2) is 12.4. The van der Waals surface area contributed by atoms with E-state index in [1.807, 2.05) is 45.0 Å². The molecule has 0 saturated carbocycles. The van der Waals surface area contributed by atoms with Gasteiger partial charge in [0.15, 0.2) is 10.8 Å². The van der Waals surface area contributed by atoms with Crippen molar-refractivity contribution < 1.29 is 17.9 Å². The summed E-state index contributed by atoms with van der Waals surface area (Å²) in [5.41, 5.74) is 11.3. The van der Waals surface area contributed by atoms with E-state index >= 15 is 0 Å². The summed E-state index contributed by atoms with van der Waals surface area (Å²) in [6, 6.07) is 19.8. The molecule has 4 aromatic rings. The first-order valence-electron chi connectivity index (χ1n) is 14.2. The number of piperidine rings is 1. The van der Waals surface area contributed by atoms with Crippen LogP contribution in [0.1, 0.15) is 51.9 Å². The lowest BCUT2D eigenvalue weighted by molar-refractivity contribution is 0.101. The number of carbonyl (C=O) groups excluding carboxylic acids is 1. The van der Waals surface area contributed by atoms with E-state index in [4.69, 9.17) is 15.5 Å². The number of aromatic nitrogens is 2. The summed E-state index contributed by atoms with van der Waals surface area (Å²) >= 11 is 0. The molecule has 0 bridgehead atoms. The molecule has 0 radical (unpaired) electrons. The number of benzene rings is 2. The number of Topliss-reactive ketones (excluding diaryl/α,β-unsaturated/α-hetero) is 1. The maximum atomic E-state index is 13.5. The van der Waals surface area contributed by atoms with Crippen LogP contribution < -0.4 is 10.5 Å². The number of ketones is 1. The van der Waals surface area contributed by atoms with Crippen LogP contribution in [-0.2, 0) is 16.4 Å². The van der Waals surface area contributed by atoms with E-state index < -0.39 is 21.4 Å². The first kappa shape index (κ1) is 29.4. The van der Waals surface area contributed by atoms with Crippen LogP contribution in [-0.4, -0.2) is 47.9 Å². The number of aryl methyl sites for hydroxylation is 3. The number of anilines is 1. The minimum Gasteiger partial charge on any atom is -0.438 e. The molecular formula is C33H36N4O4S. The number of nitrogens with zero attached hydrogens (tertiary/aromatic N) is 3. The van der Waals surface area contributed by atoms with Crippen molar-refractivity contribution in [2.75, 3.05) is 24.6 Å². The van der Waals surface area contributed by atoms with Gasteiger partial charge in [-0.2, -0.15) is 0 Å². The van der Waals surface area contributed by atoms with Crippen molar-refractivity contribution in [3.63, 3.8) is 0 Å². The van der Waals surface area contributed by atoms with Crippen LogP contribution in [0.5, 0.6) is 11.6 Å².